The Bertz CT molecular complexity index is 635. The second-order valence-electron chi connectivity index (χ2n) is 3.67. The van der Waals surface area contributed by atoms with Gasteiger partial charge in [0.25, 0.3) is 0 Å². The summed E-state index contributed by atoms with van der Waals surface area (Å²) in [5.74, 6) is 0.0250. The molecule has 0 aliphatic rings. The summed E-state index contributed by atoms with van der Waals surface area (Å²) in [5, 5.41) is 12.0. The zero-order valence-corrected chi connectivity index (χ0v) is 10.3. The van der Waals surface area contributed by atoms with Crippen LogP contribution >= 0.6 is 11.6 Å². The van der Waals surface area contributed by atoms with Gasteiger partial charge in [-0.05, 0) is 25.1 Å². The first-order valence-electron chi connectivity index (χ1n) is 5.20. The van der Waals surface area contributed by atoms with Gasteiger partial charge in [-0.2, -0.15) is 5.26 Å². The minimum Gasteiger partial charge on any atom is -0.339 e. The van der Waals surface area contributed by atoms with Crippen molar-refractivity contribution >= 4 is 23.1 Å². The van der Waals surface area contributed by atoms with Gasteiger partial charge in [0.1, 0.15) is 16.9 Å². The molecule has 0 saturated heterocycles. The predicted octanol–water partition coefficient (Wildman–Crippen LogP) is 3.80. The number of pyridine rings is 1. The first-order valence-corrected chi connectivity index (χ1v) is 5.58. The van der Waals surface area contributed by atoms with E-state index in [0.29, 0.717) is 22.6 Å². The van der Waals surface area contributed by atoms with Crippen LogP contribution in [0.5, 0.6) is 0 Å². The van der Waals surface area contributed by atoms with Gasteiger partial charge in [0.05, 0.1) is 5.56 Å². The van der Waals surface area contributed by atoms with Gasteiger partial charge in [-0.25, -0.2) is 9.37 Å². The maximum Gasteiger partial charge on any atom is 0.150 e. The SMILES string of the molecule is Cc1c(F)cccc1Nc1nccc(C#N)c1Cl. The van der Waals surface area contributed by atoms with E-state index in [1.165, 1.54) is 18.3 Å². The van der Waals surface area contributed by atoms with Crippen molar-refractivity contribution in [1.82, 2.24) is 4.98 Å². The van der Waals surface area contributed by atoms with E-state index in [-0.39, 0.29) is 10.8 Å². The summed E-state index contributed by atoms with van der Waals surface area (Å²) in [6.07, 6.45) is 1.47. The number of aromatic nitrogens is 1. The number of benzene rings is 1. The van der Waals surface area contributed by atoms with Crippen molar-refractivity contribution in [2.24, 2.45) is 0 Å². The molecule has 0 bridgehead atoms. The Kier molecular flexibility index (Phi) is 3.45. The first-order chi connectivity index (χ1) is 8.63. The van der Waals surface area contributed by atoms with Crippen LogP contribution in [0.15, 0.2) is 30.5 Å². The number of nitrogens with one attached hydrogen (secondary N) is 1. The number of anilines is 2. The molecule has 5 heteroatoms. The van der Waals surface area contributed by atoms with E-state index in [4.69, 9.17) is 16.9 Å². The number of halogens is 2. The summed E-state index contributed by atoms with van der Waals surface area (Å²) in [7, 11) is 0. The molecule has 1 heterocycles. The minimum absolute atomic E-state index is 0.226. The molecule has 0 atom stereocenters. The Morgan fingerprint density at radius 3 is 2.89 bits per heavy atom. The smallest absolute Gasteiger partial charge is 0.150 e. The Hall–Kier alpha value is -2.12. The third-order valence-corrected chi connectivity index (χ3v) is 2.91. The molecule has 1 aromatic heterocycles. The summed E-state index contributed by atoms with van der Waals surface area (Å²) >= 11 is 6.01. The lowest BCUT2D eigenvalue weighted by atomic mass is 10.2. The highest BCUT2D eigenvalue weighted by Crippen LogP contribution is 2.28. The molecule has 18 heavy (non-hydrogen) atoms. The quantitative estimate of drug-likeness (QED) is 0.895. The predicted molar refractivity (Wildman–Crippen MR) is 68.4 cm³/mol. The van der Waals surface area contributed by atoms with Crippen molar-refractivity contribution in [2.75, 3.05) is 5.32 Å². The zero-order chi connectivity index (χ0) is 13.1. The summed E-state index contributed by atoms with van der Waals surface area (Å²) < 4.78 is 13.4. The van der Waals surface area contributed by atoms with E-state index in [2.05, 4.69) is 10.3 Å². The van der Waals surface area contributed by atoms with Crippen LogP contribution in [0.25, 0.3) is 0 Å². The topological polar surface area (TPSA) is 48.7 Å². The third-order valence-electron chi connectivity index (χ3n) is 2.53. The molecular formula is C13H9ClFN3. The fourth-order valence-corrected chi connectivity index (χ4v) is 1.69. The van der Waals surface area contributed by atoms with Gasteiger partial charge < -0.3 is 5.32 Å². The number of hydrogen-bond acceptors (Lipinski definition) is 3. The van der Waals surface area contributed by atoms with Crippen LogP contribution in [0.4, 0.5) is 15.9 Å². The van der Waals surface area contributed by atoms with E-state index in [1.54, 1.807) is 19.1 Å². The fourth-order valence-electron chi connectivity index (χ4n) is 1.49. The minimum atomic E-state index is -0.312. The average Bonchev–Trinajstić information content (AvgIpc) is 2.37. The highest BCUT2D eigenvalue weighted by atomic mass is 35.5. The molecule has 3 nitrogen and oxygen atoms in total. The van der Waals surface area contributed by atoms with Crippen LogP contribution in [-0.4, -0.2) is 4.98 Å². The zero-order valence-electron chi connectivity index (χ0n) is 9.54. The lowest BCUT2D eigenvalue weighted by Gasteiger charge is -2.10. The number of rotatable bonds is 2. The summed E-state index contributed by atoms with van der Waals surface area (Å²) in [5.41, 5.74) is 1.36. The van der Waals surface area contributed by atoms with Crippen LogP contribution in [0.1, 0.15) is 11.1 Å². The van der Waals surface area contributed by atoms with Crippen molar-refractivity contribution < 1.29 is 4.39 Å². The van der Waals surface area contributed by atoms with Crippen molar-refractivity contribution in [3.63, 3.8) is 0 Å². The van der Waals surface area contributed by atoms with Crippen molar-refractivity contribution in [1.29, 1.82) is 5.26 Å². The number of hydrogen-bond donors (Lipinski definition) is 1. The second-order valence-corrected chi connectivity index (χ2v) is 4.05. The normalized spacial score (nSPS) is 9.89. The molecule has 1 aromatic carbocycles. The maximum absolute atomic E-state index is 13.4. The molecule has 0 aliphatic heterocycles. The second kappa shape index (κ2) is 5.03. The van der Waals surface area contributed by atoms with Gasteiger partial charge in [0.2, 0.25) is 0 Å². The van der Waals surface area contributed by atoms with Gasteiger partial charge in [0, 0.05) is 17.4 Å². The highest BCUT2D eigenvalue weighted by Gasteiger charge is 2.09. The van der Waals surface area contributed by atoms with E-state index < -0.39 is 0 Å². The van der Waals surface area contributed by atoms with E-state index >= 15 is 0 Å². The van der Waals surface area contributed by atoms with Gasteiger partial charge in [0.15, 0.2) is 5.82 Å². The molecule has 2 rings (SSSR count). The fraction of sp³-hybridized carbons (Fsp3) is 0.0769. The summed E-state index contributed by atoms with van der Waals surface area (Å²) in [6, 6.07) is 8.17. The molecule has 0 saturated carbocycles. The third kappa shape index (κ3) is 2.27. The van der Waals surface area contributed by atoms with Crippen LogP contribution in [0, 0.1) is 24.1 Å². The van der Waals surface area contributed by atoms with Crippen molar-refractivity contribution in [2.45, 2.75) is 6.92 Å². The molecular weight excluding hydrogens is 253 g/mol. The summed E-state index contributed by atoms with van der Waals surface area (Å²) in [4.78, 5) is 4.04. The molecule has 2 aromatic rings. The Morgan fingerprint density at radius 1 is 1.39 bits per heavy atom. The Morgan fingerprint density at radius 2 is 2.17 bits per heavy atom. The average molecular weight is 262 g/mol. The van der Waals surface area contributed by atoms with Crippen molar-refractivity contribution in [3.05, 3.63) is 52.4 Å². The molecule has 0 unspecified atom stereocenters. The lowest BCUT2D eigenvalue weighted by Crippen LogP contribution is -1.99. The first kappa shape index (κ1) is 12.3. The van der Waals surface area contributed by atoms with E-state index in [0.717, 1.165) is 0 Å². The van der Waals surface area contributed by atoms with Crippen LogP contribution in [-0.2, 0) is 0 Å². The van der Waals surface area contributed by atoms with Gasteiger partial charge >= 0.3 is 0 Å². The Balaban J connectivity index is 2.41. The Labute approximate surface area is 109 Å². The molecule has 90 valence electrons. The maximum atomic E-state index is 13.4. The standard InChI is InChI=1S/C13H9ClFN3/c1-8-10(15)3-2-4-11(8)18-13-12(14)9(7-16)5-6-17-13/h2-6H,1H3,(H,17,18). The summed E-state index contributed by atoms with van der Waals surface area (Å²) in [6.45, 7) is 1.65. The largest absolute Gasteiger partial charge is 0.339 e. The molecule has 0 radical (unpaired) electrons. The van der Waals surface area contributed by atoms with Gasteiger partial charge in [-0.15, -0.1) is 0 Å². The van der Waals surface area contributed by atoms with E-state index in [9.17, 15) is 4.39 Å². The highest BCUT2D eigenvalue weighted by molar-refractivity contribution is 6.34. The van der Waals surface area contributed by atoms with Gasteiger partial charge in [-0.1, -0.05) is 17.7 Å². The molecule has 1 N–H and O–H groups in total. The van der Waals surface area contributed by atoms with Crippen molar-refractivity contribution in [3.8, 4) is 6.07 Å². The van der Waals surface area contributed by atoms with Crippen LogP contribution < -0.4 is 5.32 Å². The number of nitrogens with zero attached hydrogens (tertiary/aromatic N) is 2. The monoisotopic (exact) mass is 261 g/mol. The molecule has 0 fully saturated rings. The lowest BCUT2D eigenvalue weighted by molar-refractivity contribution is 0.619. The molecule has 0 spiro atoms. The van der Waals surface area contributed by atoms with Crippen LogP contribution in [0.2, 0.25) is 5.02 Å². The van der Waals surface area contributed by atoms with Crippen LogP contribution in [0.3, 0.4) is 0 Å². The van der Waals surface area contributed by atoms with Gasteiger partial charge in [-0.3, -0.25) is 0 Å². The van der Waals surface area contributed by atoms with E-state index in [1.807, 2.05) is 6.07 Å². The number of nitriles is 1. The molecule has 0 aliphatic carbocycles. The molecule has 0 amide bonds.